The van der Waals surface area contributed by atoms with Crippen molar-refractivity contribution in [2.75, 3.05) is 30.3 Å². The quantitative estimate of drug-likeness (QED) is 0.371. The van der Waals surface area contributed by atoms with Gasteiger partial charge in [0.15, 0.2) is 0 Å². The fraction of sp³-hybridized carbons (Fsp3) is 0.417. The first-order chi connectivity index (χ1) is 18.4. The summed E-state index contributed by atoms with van der Waals surface area (Å²) in [5.41, 5.74) is 12.1. The first-order valence-electron chi connectivity index (χ1n) is 12.1. The largest absolute Gasteiger partial charge is 0.480 e. The van der Waals surface area contributed by atoms with Crippen molar-refractivity contribution in [3.63, 3.8) is 0 Å². The fourth-order valence-corrected chi connectivity index (χ4v) is 5.28. The van der Waals surface area contributed by atoms with E-state index in [1.807, 2.05) is 9.80 Å². The second kappa shape index (κ2) is 10.2. The van der Waals surface area contributed by atoms with Crippen molar-refractivity contribution in [1.29, 1.82) is 0 Å². The van der Waals surface area contributed by atoms with Crippen LogP contribution in [0.4, 0.5) is 24.9 Å². The minimum Gasteiger partial charge on any atom is -0.480 e. The predicted molar refractivity (Wildman–Crippen MR) is 136 cm³/mol. The lowest BCUT2D eigenvalue weighted by molar-refractivity contribution is -0.198. The summed E-state index contributed by atoms with van der Waals surface area (Å²) in [7, 11) is 0. The molecule has 2 aromatic heterocycles. The number of nitrogen functional groups attached to an aromatic ring is 1. The number of halogens is 4. The number of rotatable bonds is 8. The van der Waals surface area contributed by atoms with Crippen LogP contribution in [-0.2, 0) is 4.79 Å². The number of likely N-dealkylation sites (tertiary alicyclic amines) is 1. The Morgan fingerprint density at radius 1 is 1.23 bits per heavy atom. The van der Waals surface area contributed by atoms with E-state index >= 15 is 0 Å². The van der Waals surface area contributed by atoms with Crippen molar-refractivity contribution in [2.45, 2.75) is 43.8 Å². The van der Waals surface area contributed by atoms with Crippen LogP contribution >= 0.6 is 11.6 Å². The summed E-state index contributed by atoms with van der Waals surface area (Å²) in [5, 5.41) is 13.6. The van der Waals surface area contributed by atoms with Gasteiger partial charge in [0.25, 0.3) is 0 Å². The number of carbonyl (C=O) groups is 1. The van der Waals surface area contributed by atoms with Crippen molar-refractivity contribution < 1.29 is 27.8 Å². The Morgan fingerprint density at radius 2 is 1.95 bits per heavy atom. The van der Waals surface area contributed by atoms with Crippen molar-refractivity contribution in [3.8, 4) is 11.6 Å². The third kappa shape index (κ3) is 5.58. The molecule has 3 aromatic rings. The average Bonchev–Trinajstić information content (AvgIpc) is 3.27. The lowest BCUT2D eigenvalue weighted by Gasteiger charge is -2.57. The first kappa shape index (κ1) is 27.0. The van der Waals surface area contributed by atoms with Gasteiger partial charge < -0.3 is 26.2 Å². The maximum Gasteiger partial charge on any atom is 0.429 e. The third-order valence-electron chi connectivity index (χ3n) is 6.79. The number of aromatic nitrogens is 4. The topological polar surface area (TPSA) is 149 Å². The van der Waals surface area contributed by atoms with E-state index in [0.717, 1.165) is 6.42 Å². The Hall–Kier alpha value is -3.62. The van der Waals surface area contributed by atoms with Crippen LogP contribution in [0.3, 0.4) is 0 Å². The number of fused-ring (bicyclic) bond motifs is 2. The van der Waals surface area contributed by atoms with Gasteiger partial charge in [-0.05, 0) is 31.5 Å². The zero-order chi connectivity index (χ0) is 28.1. The summed E-state index contributed by atoms with van der Waals surface area (Å²) < 4.78 is 50.0. The zero-order valence-corrected chi connectivity index (χ0v) is 21.5. The molecule has 2 fully saturated rings. The normalized spacial score (nSPS) is 20.8. The van der Waals surface area contributed by atoms with E-state index < -0.39 is 24.3 Å². The molecule has 39 heavy (non-hydrogen) atoms. The highest BCUT2D eigenvalue weighted by atomic mass is 35.5. The van der Waals surface area contributed by atoms with Gasteiger partial charge in [-0.3, -0.25) is 9.69 Å². The number of ether oxygens (including phenoxy) is 1. The number of hydrogen-bond donors (Lipinski definition) is 3. The SMILES string of the molecule is Cc1ccn(-c2cc(Cl)ccc2[C@@H](Oc2cc(N3C4CC3CN(C[C@H](N)C(=O)O)C4)nc(N)n2)C(F)(F)F)n1. The van der Waals surface area contributed by atoms with Crippen LogP contribution < -0.4 is 21.1 Å². The highest BCUT2D eigenvalue weighted by Gasteiger charge is 2.47. The molecule has 5 rings (SSSR count). The van der Waals surface area contributed by atoms with E-state index in [4.69, 9.17) is 32.9 Å². The summed E-state index contributed by atoms with van der Waals surface area (Å²) >= 11 is 6.11. The lowest BCUT2D eigenvalue weighted by Crippen LogP contribution is -2.70. The Balaban J connectivity index is 1.41. The molecule has 15 heteroatoms. The molecule has 11 nitrogen and oxygen atoms in total. The highest BCUT2D eigenvalue weighted by Crippen LogP contribution is 2.42. The number of benzene rings is 1. The van der Waals surface area contributed by atoms with Gasteiger partial charge in [-0.1, -0.05) is 17.7 Å². The average molecular weight is 567 g/mol. The van der Waals surface area contributed by atoms with E-state index in [0.29, 0.717) is 24.6 Å². The summed E-state index contributed by atoms with van der Waals surface area (Å²) in [6.07, 6.45) is -4.86. The molecule has 4 heterocycles. The van der Waals surface area contributed by atoms with Crippen LogP contribution in [-0.4, -0.2) is 79.7 Å². The van der Waals surface area contributed by atoms with Gasteiger partial charge in [-0.2, -0.15) is 28.2 Å². The predicted octanol–water partition coefficient (Wildman–Crippen LogP) is 2.56. The third-order valence-corrected chi connectivity index (χ3v) is 7.03. The van der Waals surface area contributed by atoms with E-state index in [9.17, 15) is 18.0 Å². The van der Waals surface area contributed by atoms with Gasteiger partial charge in [-0.25, -0.2) is 4.68 Å². The molecule has 0 spiro atoms. The summed E-state index contributed by atoms with van der Waals surface area (Å²) in [5.74, 6) is -1.33. The molecular weight excluding hydrogens is 541 g/mol. The smallest absolute Gasteiger partial charge is 0.429 e. The number of carboxylic acid groups (broad SMARTS) is 1. The summed E-state index contributed by atoms with van der Waals surface area (Å²) in [4.78, 5) is 23.2. The standard InChI is InChI=1S/C24H26ClF3N8O3/c1-12-4-5-35(33-12)18-6-13(25)2-3-16(18)21(24(26,27)28)39-20-8-19(31-23(30)32-20)36-14-7-15(36)10-34(9-14)11-17(29)22(37)38/h2-6,8,14-15,17,21H,7,9-11,29H2,1H3,(H,37,38)(H2,30,31,32)/t14?,15?,17-,21+/m0/s1. The Labute approximate surface area is 226 Å². The Morgan fingerprint density at radius 3 is 2.56 bits per heavy atom. The maximum atomic E-state index is 14.4. The monoisotopic (exact) mass is 566 g/mol. The van der Waals surface area contributed by atoms with E-state index in [-0.39, 0.29) is 46.7 Å². The molecule has 2 aliphatic rings. The van der Waals surface area contributed by atoms with Gasteiger partial charge in [0, 0.05) is 54.6 Å². The first-order valence-corrected chi connectivity index (χ1v) is 12.5. The molecule has 2 saturated heterocycles. The van der Waals surface area contributed by atoms with Gasteiger partial charge >= 0.3 is 12.1 Å². The number of carboxylic acids is 1. The number of aryl methyl sites for hydroxylation is 1. The number of anilines is 2. The second-order valence-corrected chi connectivity index (χ2v) is 10.1. The van der Waals surface area contributed by atoms with E-state index in [1.54, 1.807) is 13.0 Å². The molecule has 0 aliphatic carbocycles. The van der Waals surface area contributed by atoms with Crippen LogP contribution in [0.25, 0.3) is 5.69 Å². The van der Waals surface area contributed by atoms with Crippen LogP contribution in [0.5, 0.6) is 5.88 Å². The molecule has 1 aromatic carbocycles. The van der Waals surface area contributed by atoms with Crippen LogP contribution in [0.15, 0.2) is 36.5 Å². The summed E-state index contributed by atoms with van der Waals surface area (Å²) in [6, 6.07) is 5.90. The van der Waals surface area contributed by atoms with Crippen molar-refractivity contribution in [3.05, 3.63) is 52.8 Å². The molecule has 0 saturated carbocycles. The Bertz CT molecular complexity index is 1370. The lowest BCUT2D eigenvalue weighted by atomic mass is 9.87. The van der Waals surface area contributed by atoms with Crippen LogP contribution in [0, 0.1) is 6.92 Å². The minimum absolute atomic E-state index is 0.0313. The number of piperazine rings is 1. The van der Waals surface area contributed by atoms with Gasteiger partial charge in [0.1, 0.15) is 11.9 Å². The van der Waals surface area contributed by atoms with E-state index in [1.165, 1.54) is 35.1 Å². The number of hydrogen-bond acceptors (Lipinski definition) is 9. The van der Waals surface area contributed by atoms with Gasteiger partial charge in [0.05, 0.1) is 11.4 Å². The van der Waals surface area contributed by atoms with E-state index in [2.05, 4.69) is 15.1 Å². The van der Waals surface area contributed by atoms with Crippen molar-refractivity contribution in [2.24, 2.45) is 5.73 Å². The van der Waals surface area contributed by atoms with Crippen LogP contribution in [0.1, 0.15) is 23.8 Å². The number of piperidine rings is 1. The van der Waals surface area contributed by atoms with Crippen LogP contribution in [0.2, 0.25) is 5.02 Å². The number of nitrogens with zero attached hydrogens (tertiary/aromatic N) is 6. The molecular formula is C24H26ClF3N8O3. The molecule has 208 valence electrons. The molecule has 0 radical (unpaired) electrons. The molecule has 0 amide bonds. The molecule has 2 bridgehead atoms. The van der Waals surface area contributed by atoms with Crippen molar-refractivity contribution >= 4 is 29.3 Å². The molecule has 4 atom stereocenters. The van der Waals surface area contributed by atoms with Gasteiger partial charge in [0.2, 0.25) is 17.9 Å². The summed E-state index contributed by atoms with van der Waals surface area (Å²) in [6.45, 7) is 2.97. The maximum absolute atomic E-state index is 14.4. The Kier molecular flexibility index (Phi) is 7.03. The van der Waals surface area contributed by atoms with Gasteiger partial charge in [-0.15, -0.1) is 0 Å². The fourth-order valence-electron chi connectivity index (χ4n) is 5.11. The number of alkyl halides is 3. The minimum atomic E-state index is -4.82. The zero-order valence-electron chi connectivity index (χ0n) is 20.7. The number of nitrogens with two attached hydrogens (primary N) is 2. The molecule has 2 unspecified atom stereocenters. The number of aliphatic carboxylic acids is 1. The van der Waals surface area contributed by atoms with Crippen molar-refractivity contribution in [1.82, 2.24) is 24.6 Å². The molecule has 5 N–H and O–H groups in total. The second-order valence-electron chi connectivity index (χ2n) is 9.68. The molecule has 2 aliphatic heterocycles. The highest BCUT2D eigenvalue weighted by molar-refractivity contribution is 6.30.